The van der Waals surface area contributed by atoms with Gasteiger partial charge in [0.2, 0.25) is 0 Å². The van der Waals surface area contributed by atoms with Crippen molar-refractivity contribution in [1.82, 2.24) is 0 Å². The molecule has 15 heavy (non-hydrogen) atoms. The Morgan fingerprint density at radius 1 is 1.53 bits per heavy atom. The molecule has 1 aliphatic carbocycles. The van der Waals surface area contributed by atoms with Gasteiger partial charge >= 0.3 is 5.97 Å². The van der Waals surface area contributed by atoms with Gasteiger partial charge in [-0.15, -0.1) is 0 Å². The van der Waals surface area contributed by atoms with E-state index >= 15 is 0 Å². The third kappa shape index (κ3) is 2.59. The van der Waals surface area contributed by atoms with Gasteiger partial charge < -0.3 is 5.11 Å². The SMILES string of the molecule is O=C(O)C1CCCC1CCc1ccsc1. The number of aryl methyl sites for hydroxylation is 1. The van der Waals surface area contributed by atoms with Gasteiger partial charge in [-0.25, -0.2) is 0 Å². The second-order valence-corrected chi connectivity index (χ2v) is 5.09. The van der Waals surface area contributed by atoms with Crippen LogP contribution in [0.15, 0.2) is 16.8 Å². The zero-order valence-electron chi connectivity index (χ0n) is 8.69. The first-order valence-corrected chi connectivity index (χ1v) is 6.45. The first-order chi connectivity index (χ1) is 7.27. The van der Waals surface area contributed by atoms with Gasteiger partial charge in [0.25, 0.3) is 0 Å². The number of hydrogen-bond donors (Lipinski definition) is 1. The molecule has 1 aromatic heterocycles. The van der Waals surface area contributed by atoms with E-state index in [1.54, 1.807) is 11.3 Å². The molecule has 1 N–H and O–H groups in total. The molecule has 1 heterocycles. The first kappa shape index (κ1) is 10.7. The molecule has 2 nitrogen and oxygen atoms in total. The number of thiophene rings is 1. The molecular weight excluding hydrogens is 208 g/mol. The molecule has 0 radical (unpaired) electrons. The van der Waals surface area contributed by atoms with Gasteiger partial charge in [0, 0.05) is 0 Å². The van der Waals surface area contributed by atoms with Crippen LogP contribution in [0.4, 0.5) is 0 Å². The minimum Gasteiger partial charge on any atom is -0.481 e. The van der Waals surface area contributed by atoms with E-state index in [0.717, 1.165) is 32.1 Å². The summed E-state index contributed by atoms with van der Waals surface area (Å²) in [6.07, 6.45) is 5.14. The fraction of sp³-hybridized carbons (Fsp3) is 0.583. The third-order valence-electron chi connectivity index (χ3n) is 3.36. The van der Waals surface area contributed by atoms with Crippen LogP contribution in [-0.2, 0) is 11.2 Å². The molecule has 82 valence electrons. The average Bonchev–Trinajstić information content (AvgIpc) is 2.86. The Hall–Kier alpha value is -0.830. The van der Waals surface area contributed by atoms with Crippen molar-refractivity contribution in [2.75, 3.05) is 0 Å². The molecule has 2 rings (SSSR count). The molecule has 0 saturated heterocycles. The normalized spacial score (nSPS) is 25.6. The monoisotopic (exact) mass is 224 g/mol. The van der Waals surface area contributed by atoms with E-state index < -0.39 is 5.97 Å². The van der Waals surface area contributed by atoms with Gasteiger partial charge in [-0.3, -0.25) is 4.79 Å². The molecule has 0 aromatic carbocycles. The number of carboxylic acids is 1. The standard InChI is InChI=1S/C12H16O2S/c13-12(14)11-3-1-2-10(11)5-4-9-6-7-15-8-9/h6-8,10-11H,1-5H2,(H,13,14). The van der Waals surface area contributed by atoms with E-state index in [1.807, 2.05) is 0 Å². The predicted molar refractivity (Wildman–Crippen MR) is 61.1 cm³/mol. The third-order valence-corrected chi connectivity index (χ3v) is 4.09. The van der Waals surface area contributed by atoms with Crippen molar-refractivity contribution in [3.8, 4) is 0 Å². The molecule has 1 saturated carbocycles. The predicted octanol–water partition coefficient (Wildman–Crippen LogP) is 3.18. The summed E-state index contributed by atoms with van der Waals surface area (Å²) in [4.78, 5) is 11.0. The summed E-state index contributed by atoms with van der Waals surface area (Å²) in [7, 11) is 0. The van der Waals surface area contributed by atoms with E-state index in [1.165, 1.54) is 5.56 Å². The molecule has 1 aliphatic rings. The molecule has 0 amide bonds. The molecule has 1 aromatic rings. The zero-order valence-corrected chi connectivity index (χ0v) is 9.50. The average molecular weight is 224 g/mol. The van der Waals surface area contributed by atoms with Crippen molar-refractivity contribution in [2.45, 2.75) is 32.1 Å². The van der Waals surface area contributed by atoms with Gasteiger partial charge in [-0.1, -0.05) is 6.42 Å². The fourth-order valence-corrected chi connectivity index (χ4v) is 3.20. The van der Waals surface area contributed by atoms with Crippen molar-refractivity contribution in [3.05, 3.63) is 22.4 Å². The second kappa shape index (κ2) is 4.79. The van der Waals surface area contributed by atoms with Crippen LogP contribution in [0, 0.1) is 11.8 Å². The highest BCUT2D eigenvalue weighted by Gasteiger charge is 2.32. The highest BCUT2D eigenvalue weighted by molar-refractivity contribution is 7.07. The Kier molecular flexibility index (Phi) is 3.41. The van der Waals surface area contributed by atoms with Gasteiger partial charge in [0.1, 0.15) is 0 Å². The molecule has 1 fully saturated rings. The van der Waals surface area contributed by atoms with Crippen LogP contribution in [0.5, 0.6) is 0 Å². The van der Waals surface area contributed by atoms with E-state index in [9.17, 15) is 4.79 Å². The summed E-state index contributed by atoms with van der Waals surface area (Å²) < 4.78 is 0. The van der Waals surface area contributed by atoms with Crippen molar-refractivity contribution in [1.29, 1.82) is 0 Å². The summed E-state index contributed by atoms with van der Waals surface area (Å²) in [5, 5.41) is 13.3. The summed E-state index contributed by atoms with van der Waals surface area (Å²) in [6.45, 7) is 0. The molecule has 0 aliphatic heterocycles. The molecule has 0 spiro atoms. The Balaban J connectivity index is 1.86. The summed E-state index contributed by atoms with van der Waals surface area (Å²) in [6, 6.07) is 2.13. The maximum Gasteiger partial charge on any atom is 0.306 e. The van der Waals surface area contributed by atoms with Crippen LogP contribution in [0.1, 0.15) is 31.2 Å². The minimum atomic E-state index is -0.595. The van der Waals surface area contributed by atoms with Crippen LogP contribution < -0.4 is 0 Å². The minimum absolute atomic E-state index is 0.0800. The summed E-state index contributed by atoms with van der Waals surface area (Å²) in [5.74, 6) is -0.270. The molecule has 2 unspecified atom stereocenters. The van der Waals surface area contributed by atoms with Crippen molar-refractivity contribution < 1.29 is 9.90 Å². The lowest BCUT2D eigenvalue weighted by Gasteiger charge is -2.14. The van der Waals surface area contributed by atoms with Crippen LogP contribution in [-0.4, -0.2) is 11.1 Å². The van der Waals surface area contributed by atoms with Crippen LogP contribution in [0.25, 0.3) is 0 Å². The Labute approximate surface area is 93.9 Å². The number of hydrogen-bond acceptors (Lipinski definition) is 2. The maximum atomic E-state index is 11.0. The van der Waals surface area contributed by atoms with Crippen LogP contribution >= 0.6 is 11.3 Å². The quantitative estimate of drug-likeness (QED) is 0.852. The lowest BCUT2D eigenvalue weighted by atomic mass is 9.91. The topological polar surface area (TPSA) is 37.3 Å². The molecule has 0 bridgehead atoms. The van der Waals surface area contributed by atoms with Crippen molar-refractivity contribution >= 4 is 17.3 Å². The van der Waals surface area contributed by atoms with E-state index in [2.05, 4.69) is 16.8 Å². The highest BCUT2D eigenvalue weighted by atomic mass is 32.1. The Morgan fingerprint density at radius 2 is 2.40 bits per heavy atom. The van der Waals surface area contributed by atoms with Gasteiger partial charge in [0.15, 0.2) is 0 Å². The molecule has 2 atom stereocenters. The van der Waals surface area contributed by atoms with Crippen molar-refractivity contribution in [3.63, 3.8) is 0 Å². The van der Waals surface area contributed by atoms with Gasteiger partial charge in [0.05, 0.1) is 5.92 Å². The smallest absolute Gasteiger partial charge is 0.306 e. The number of carboxylic acid groups (broad SMARTS) is 1. The van der Waals surface area contributed by atoms with E-state index in [4.69, 9.17) is 5.11 Å². The Morgan fingerprint density at radius 3 is 3.07 bits per heavy atom. The first-order valence-electron chi connectivity index (χ1n) is 5.51. The molecular formula is C12H16O2S. The Bertz CT molecular complexity index is 318. The van der Waals surface area contributed by atoms with E-state index in [0.29, 0.717) is 5.92 Å². The highest BCUT2D eigenvalue weighted by Crippen LogP contribution is 2.35. The lowest BCUT2D eigenvalue weighted by molar-refractivity contribution is -0.143. The summed E-state index contributed by atoms with van der Waals surface area (Å²) in [5.41, 5.74) is 1.36. The fourth-order valence-electron chi connectivity index (χ4n) is 2.49. The second-order valence-electron chi connectivity index (χ2n) is 4.31. The number of rotatable bonds is 4. The zero-order chi connectivity index (χ0) is 10.7. The maximum absolute atomic E-state index is 11.0. The largest absolute Gasteiger partial charge is 0.481 e. The van der Waals surface area contributed by atoms with Crippen molar-refractivity contribution in [2.24, 2.45) is 11.8 Å². The van der Waals surface area contributed by atoms with E-state index in [-0.39, 0.29) is 5.92 Å². The van der Waals surface area contributed by atoms with Gasteiger partial charge in [-0.2, -0.15) is 11.3 Å². The summed E-state index contributed by atoms with van der Waals surface area (Å²) >= 11 is 1.71. The number of carbonyl (C=O) groups is 1. The van der Waals surface area contributed by atoms with Crippen LogP contribution in [0.2, 0.25) is 0 Å². The lowest BCUT2D eigenvalue weighted by Crippen LogP contribution is -2.18. The van der Waals surface area contributed by atoms with Gasteiger partial charge in [-0.05, 0) is 54.0 Å². The molecule has 3 heteroatoms. The number of aliphatic carboxylic acids is 1. The van der Waals surface area contributed by atoms with Crippen LogP contribution in [0.3, 0.4) is 0 Å².